The van der Waals surface area contributed by atoms with Gasteiger partial charge in [-0.3, -0.25) is 0 Å². The van der Waals surface area contributed by atoms with Gasteiger partial charge in [0, 0.05) is 38.1 Å². The Balaban J connectivity index is 1.25. The van der Waals surface area contributed by atoms with E-state index in [-0.39, 0.29) is 0 Å². The summed E-state index contributed by atoms with van der Waals surface area (Å²) in [6, 6.07) is 65.3. The lowest BCUT2D eigenvalue weighted by Crippen LogP contribution is -2.11. The number of fused-ring (bicyclic) bond motifs is 5. The number of rotatable bonds is 6. The first-order valence-corrected chi connectivity index (χ1v) is 16.8. The van der Waals surface area contributed by atoms with Crippen molar-refractivity contribution in [3.63, 3.8) is 0 Å². The van der Waals surface area contributed by atoms with E-state index in [2.05, 4.69) is 191 Å². The van der Waals surface area contributed by atoms with Gasteiger partial charge >= 0.3 is 0 Å². The number of anilines is 3. The van der Waals surface area contributed by atoms with Gasteiger partial charge in [0.15, 0.2) is 0 Å². The fourth-order valence-electron chi connectivity index (χ4n) is 6.91. The van der Waals surface area contributed by atoms with E-state index in [1.807, 2.05) is 11.3 Å². The van der Waals surface area contributed by atoms with E-state index in [0.717, 1.165) is 17.1 Å². The van der Waals surface area contributed by atoms with Gasteiger partial charge in [-0.05, 0) is 65.2 Å². The molecule has 0 aliphatic carbocycles. The minimum Gasteiger partial charge on any atom is -0.310 e. The van der Waals surface area contributed by atoms with E-state index in [4.69, 9.17) is 0 Å². The van der Waals surface area contributed by atoms with Crippen molar-refractivity contribution in [3.05, 3.63) is 182 Å². The van der Waals surface area contributed by atoms with Crippen LogP contribution in [0.4, 0.5) is 17.1 Å². The second-order valence-electron chi connectivity index (χ2n) is 11.8. The van der Waals surface area contributed by atoms with Gasteiger partial charge in [0.2, 0.25) is 0 Å². The highest BCUT2D eigenvalue weighted by atomic mass is 32.1. The van der Waals surface area contributed by atoms with Crippen molar-refractivity contribution in [2.45, 2.75) is 0 Å². The normalized spacial score (nSPS) is 11.4. The van der Waals surface area contributed by atoms with E-state index in [9.17, 15) is 0 Å². The fourth-order valence-corrected chi connectivity index (χ4v) is 8.27. The van der Waals surface area contributed by atoms with Crippen molar-refractivity contribution in [2.75, 3.05) is 4.90 Å². The van der Waals surface area contributed by atoms with Crippen LogP contribution in [0.3, 0.4) is 0 Å². The lowest BCUT2D eigenvalue weighted by atomic mass is 10.00. The second kappa shape index (κ2) is 11.5. The van der Waals surface area contributed by atoms with Gasteiger partial charge in [-0.15, -0.1) is 11.3 Å². The maximum atomic E-state index is 2.43. The van der Waals surface area contributed by atoms with Crippen LogP contribution in [0.5, 0.6) is 0 Å². The monoisotopic (exact) mass is 618 g/mol. The molecule has 0 amide bonds. The summed E-state index contributed by atoms with van der Waals surface area (Å²) in [6.45, 7) is 0. The summed E-state index contributed by atoms with van der Waals surface area (Å²) in [5.74, 6) is 0. The first kappa shape index (κ1) is 27.4. The summed E-state index contributed by atoms with van der Waals surface area (Å²) in [4.78, 5) is 2.38. The Hall–Kier alpha value is -5.90. The number of aromatic nitrogens is 1. The molecular formula is C44H30N2S. The predicted molar refractivity (Wildman–Crippen MR) is 202 cm³/mol. The first-order chi connectivity index (χ1) is 23.3. The van der Waals surface area contributed by atoms with Crippen LogP contribution in [-0.2, 0) is 0 Å². The molecular weight excluding hydrogens is 589 g/mol. The highest BCUT2D eigenvalue weighted by Crippen LogP contribution is 2.47. The number of para-hydroxylation sites is 4. The molecule has 9 aromatic rings. The summed E-state index contributed by atoms with van der Waals surface area (Å²) in [7, 11) is 0. The number of nitrogens with zero attached hydrogens (tertiary/aromatic N) is 2. The van der Waals surface area contributed by atoms with Crippen molar-refractivity contribution >= 4 is 59.6 Å². The molecule has 3 heteroatoms. The molecule has 0 bridgehead atoms. The molecule has 0 saturated heterocycles. The zero-order chi connectivity index (χ0) is 31.2. The van der Waals surface area contributed by atoms with Crippen LogP contribution in [0, 0.1) is 0 Å². The van der Waals surface area contributed by atoms with Crippen LogP contribution in [0.2, 0.25) is 0 Å². The van der Waals surface area contributed by atoms with Crippen molar-refractivity contribution in [1.29, 1.82) is 0 Å². The molecule has 2 nitrogen and oxygen atoms in total. The topological polar surface area (TPSA) is 8.17 Å². The van der Waals surface area contributed by atoms with Gasteiger partial charge in [0.1, 0.15) is 0 Å². The van der Waals surface area contributed by atoms with Crippen LogP contribution in [0.15, 0.2) is 182 Å². The van der Waals surface area contributed by atoms with E-state index < -0.39 is 0 Å². The maximum absolute atomic E-state index is 2.43. The van der Waals surface area contributed by atoms with Gasteiger partial charge < -0.3 is 9.47 Å². The van der Waals surface area contributed by atoms with Gasteiger partial charge in [0.05, 0.1) is 21.4 Å². The Bertz CT molecular complexity index is 2510. The zero-order valence-electron chi connectivity index (χ0n) is 25.6. The molecule has 0 unspecified atom stereocenters. The summed E-state index contributed by atoms with van der Waals surface area (Å²) in [5.41, 5.74) is 11.9. The second-order valence-corrected chi connectivity index (χ2v) is 12.8. The molecule has 0 saturated carbocycles. The van der Waals surface area contributed by atoms with E-state index >= 15 is 0 Å². The lowest BCUT2D eigenvalue weighted by molar-refractivity contribution is 1.19. The van der Waals surface area contributed by atoms with Gasteiger partial charge in [-0.25, -0.2) is 0 Å². The molecule has 9 rings (SSSR count). The smallest absolute Gasteiger partial charge is 0.0727 e. The lowest BCUT2D eigenvalue weighted by Gasteiger charge is -2.28. The summed E-state index contributed by atoms with van der Waals surface area (Å²) >= 11 is 1.90. The average Bonchev–Trinajstić information content (AvgIpc) is 3.68. The molecule has 0 spiro atoms. The maximum Gasteiger partial charge on any atom is 0.0727 e. The largest absolute Gasteiger partial charge is 0.310 e. The minimum atomic E-state index is 1.12. The number of thiophene rings is 1. The highest BCUT2D eigenvalue weighted by molar-refractivity contribution is 7.27. The van der Waals surface area contributed by atoms with Crippen molar-refractivity contribution in [1.82, 2.24) is 4.57 Å². The zero-order valence-corrected chi connectivity index (χ0v) is 26.4. The Kier molecular flexibility index (Phi) is 6.69. The summed E-state index contributed by atoms with van der Waals surface area (Å²) in [6.07, 6.45) is 0. The fraction of sp³-hybridized carbons (Fsp3) is 0. The van der Waals surface area contributed by atoms with Crippen LogP contribution < -0.4 is 4.90 Å². The molecule has 0 aliphatic rings. The van der Waals surface area contributed by atoms with Crippen LogP contribution in [0.25, 0.3) is 59.1 Å². The third kappa shape index (κ3) is 4.63. The molecule has 0 N–H and O–H groups in total. The van der Waals surface area contributed by atoms with Crippen LogP contribution >= 0.6 is 11.3 Å². The predicted octanol–water partition coefficient (Wildman–Crippen LogP) is 12.8. The molecule has 2 aromatic heterocycles. The Morgan fingerprint density at radius 2 is 1.02 bits per heavy atom. The molecule has 7 aromatic carbocycles. The molecule has 0 atom stereocenters. The van der Waals surface area contributed by atoms with Crippen molar-refractivity contribution in [2.24, 2.45) is 0 Å². The number of hydrogen-bond donors (Lipinski definition) is 0. The highest BCUT2D eigenvalue weighted by Gasteiger charge is 2.21. The molecule has 0 aliphatic heterocycles. The SMILES string of the molecule is c1ccc(-c2ccccc2N(c2ccccc2)c2cccc(-c3cccc4c3sc3c5ccccc5n(-c5ccccc5)c43)c2)cc1. The Labute approximate surface area is 278 Å². The number of hydrogen-bond acceptors (Lipinski definition) is 2. The number of benzene rings is 7. The quantitative estimate of drug-likeness (QED) is 0.180. The Morgan fingerprint density at radius 3 is 1.85 bits per heavy atom. The van der Waals surface area contributed by atoms with E-state index in [1.54, 1.807) is 0 Å². The van der Waals surface area contributed by atoms with E-state index in [1.165, 1.54) is 59.1 Å². The molecule has 47 heavy (non-hydrogen) atoms. The Morgan fingerprint density at radius 1 is 0.426 bits per heavy atom. The van der Waals surface area contributed by atoms with Crippen molar-refractivity contribution < 1.29 is 0 Å². The molecule has 222 valence electrons. The summed E-state index contributed by atoms with van der Waals surface area (Å²) in [5, 5.41) is 2.57. The molecule has 2 heterocycles. The van der Waals surface area contributed by atoms with Gasteiger partial charge in [-0.1, -0.05) is 133 Å². The molecule has 0 fully saturated rings. The van der Waals surface area contributed by atoms with Crippen LogP contribution in [0.1, 0.15) is 0 Å². The third-order valence-electron chi connectivity index (χ3n) is 8.98. The van der Waals surface area contributed by atoms with Crippen LogP contribution in [-0.4, -0.2) is 4.57 Å². The summed E-state index contributed by atoms with van der Waals surface area (Å²) < 4.78 is 5.06. The average molecular weight is 619 g/mol. The van der Waals surface area contributed by atoms with Gasteiger partial charge in [0.25, 0.3) is 0 Å². The minimum absolute atomic E-state index is 1.12. The van der Waals surface area contributed by atoms with Gasteiger partial charge in [-0.2, -0.15) is 0 Å². The third-order valence-corrected chi connectivity index (χ3v) is 10.2. The van der Waals surface area contributed by atoms with Crippen molar-refractivity contribution in [3.8, 4) is 27.9 Å². The van der Waals surface area contributed by atoms with E-state index in [0.29, 0.717) is 0 Å². The standard InChI is InChI=1S/C44H30N2S/c1-4-16-31(17-5-1)36-24-10-12-28-40(36)45(33-19-6-2-7-20-33)35-23-14-18-32(30-35)37-26-15-27-39-42-44(47-43(37)39)38-25-11-13-29-41(38)46(42)34-21-8-3-9-22-34/h1-30H. The molecule has 0 radical (unpaired) electrons. The first-order valence-electron chi connectivity index (χ1n) is 16.0.